The van der Waals surface area contributed by atoms with Gasteiger partial charge in [0.15, 0.2) is 0 Å². The summed E-state index contributed by atoms with van der Waals surface area (Å²) < 4.78 is 46.9. The quantitative estimate of drug-likeness (QED) is 0.514. The van der Waals surface area contributed by atoms with Crippen LogP contribution in [0.15, 0.2) is 42.9 Å². The molecule has 36 heavy (non-hydrogen) atoms. The molecule has 188 valence electrons. The number of nitrogens with two attached hydrogens (primary N) is 1. The summed E-state index contributed by atoms with van der Waals surface area (Å²) in [5, 5.41) is 6.56. The number of carbonyl (C=O) groups excluding carboxylic acids is 2. The van der Waals surface area contributed by atoms with Crippen LogP contribution in [0.3, 0.4) is 0 Å². The summed E-state index contributed by atoms with van der Waals surface area (Å²) in [6.45, 7) is 6.66. The third-order valence-corrected chi connectivity index (χ3v) is 4.68. The van der Waals surface area contributed by atoms with E-state index in [-0.39, 0.29) is 11.6 Å². The van der Waals surface area contributed by atoms with Gasteiger partial charge in [-0.1, -0.05) is 24.1 Å². The van der Waals surface area contributed by atoms with Crippen molar-refractivity contribution in [3.8, 4) is 11.8 Å². The molecule has 12 heteroatoms. The maximum absolute atomic E-state index is 13.6. The average Bonchev–Trinajstić information content (AvgIpc) is 3.24. The van der Waals surface area contributed by atoms with E-state index in [4.69, 9.17) is 10.5 Å². The molecule has 0 saturated heterocycles. The summed E-state index contributed by atoms with van der Waals surface area (Å²) in [7, 11) is 0. The Kier molecular flexibility index (Phi) is 7.33. The molecule has 1 amide bonds. The summed E-state index contributed by atoms with van der Waals surface area (Å²) in [6, 6.07) is 6.51. The van der Waals surface area contributed by atoms with Crippen molar-refractivity contribution < 1.29 is 27.5 Å². The van der Waals surface area contributed by atoms with E-state index in [1.54, 1.807) is 52.0 Å². The van der Waals surface area contributed by atoms with Gasteiger partial charge in [0.1, 0.15) is 16.9 Å². The van der Waals surface area contributed by atoms with E-state index in [1.807, 2.05) is 0 Å². The summed E-state index contributed by atoms with van der Waals surface area (Å²) in [5.74, 6) is 3.60. The summed E-state index contributed by atoms with van der Waals surface area (Å²) in [5.41, 5.74) is 3.96. The highest BCUT2D eigenvalue weighted by Crippen LogP contribution is 2.31. The molecule has 0 bridgehead atoms. The van der Waals surface area contributed by atoms with Crippen LogP contribution in [0.1, 0.15) is 56.0 Å². The van der Waals surface area contributed by atoms with Gasteiger partial charge in [0, 0.05) is 11.8 Å². The van der Waals surface area contributed by atoms with Crippen LogP contribution in [0.2, 0.25) is 0 Å². The van der Waals surface area contributed by atoms with E-state index in [9.17, 15) is 22.8 Å². The first-order chi connectivity index (χ1) is 16.7. The molecule has 2 aromatic heterocycles. The Morgan fingerprint density at radius 2 is 1.83 bits per heavy atom. The van der Waals surface area contributed by atoms with E-state index in [0.29, 0.717) is 17.3 Å². The zero-order valence-corrected chi connectivity index (χ0v) is 19.8. The van der Waals surface area contributed by atoms with Crippen LogP contribution in [0.4, 0.5) is 29.6 Å². The fourth-order valence-corrected chi connectivity index (χ4v) is 2.94. The predicted molar refractivity (Wildman–Crippen MR) is 124 cm³/mol. The maximum Gasteiger partial charge on any atom is 0.435 e. The van der Waals surface area contributed by atoms with Gasteiger partial charge in [-0.15, -0.1) is 0 Å². The number of hydrogen-bond donors (Lipinski definition) is 2. The van der Waals surface area contributed by atoms with Gasteiger partial charge >= 0.3 is 12.3 Å². The van der Waals surface area contributed by atoms with E-state index in [2.05, 4.69) is 32.2 Å². The first-order valence-corrected chi connectivity index (χ1v) is 10.6. The first-order valence-electron chi connectivity index (χ1n) is 10.6. The smallest absolute Gasteiger partial charge is 0.435 e. The molecule has 0 saturated carbocycles. The lowest BCUT2D eigenvalue weighted by Crippen LogP contribution is -2.27. The fraction of sp³-hybridized carbons (Fsp3) is 0.292. The Balaban J connectivity index is 1.94. The maximum atomic E-state index is 13.6. The Labute approximate surface area is 204 Å². The Bertz CT molecular complexity index is 1350. The SMILES string of the molecule is CC(C(N)=O)c1ccccc1C#Cc1nc(Nc2cnn(C(=O)OC(C)(C)C)c2)ncc1C(F)(F)F. The van der Waals surface area contributed by atoms with Crippen LogP contribution in [0, 0.1) is 11.8 Å². The normalized spacial score (nSPS) is 12.3. The van der Waals surface area contributed by atoms with E-state index < -0.39 is 41.0 Å². The monoisotopic (exact) mass is 500 g/mol. The summed E-state index contributed by atoms with van der Waals surface area (Å²) in [6.07, 6.45) is -2.35. The van der Waals surface area contributed by atoms with Crippen molar-refractivity contribution in [2.24, 2.45) is 5.73 Å². The van der Waals surface area contributed by atoms with Crippen LogP contribution < -0.4 is 11.1 Å². The van der Waals surface area contributed by atoms with Gasteiger partial charge in [-0.25, -0.2) is 14.8 Å². The topological polar surface area (TPSA) is 125 Å². The molecule has 1 atom stereocenters. The number of benzene rings is 1. The molecule has 9 nitrogen and oxygen atoms in total. The molecule has 3 aromatic rings. The first kappa shape index (κ1) is 26.2. The van der Waals surface area contributed by atoms with Crippen LogP contribution >= 0.6 is 0 Å². The number of amides is 1. The van der Waals surface area contributed by atoms with Crippen molar-refractivity contribution in [3.05, 3.63) is 65.2 Å². The lowest BCUT2D eigenvalue weighted by molar-refractivity contribution is -0.138. The molecule has 2 heterocycles. The number of rotatable bonds is 4. The van der Waals surface area contributed by atoms with Crippen molar-refractivity contribution in [1.29, 1.82) is 0 Å². The zero-order valence-electron chi connectivity index (χ0n) is 19.8. The number of anilines is 2. The van der Waals surface area contributed by atoms with Gasteiger partial charge in [-0.05, 0) is 45.2 Å². The van der Waals surface area contributed by atoms with Crippen molar-refractivity contribution in [1.82, 2.24) is 19.7 Å². The third kappa shape index (κ3) is 6.59. The molecule has 0 spiro atoms. The molecule has 0 aliphatic rings. The number of aromatic nitrogens is 4. The number of alkyl halides is 3. The highest BCUT2D eigenvalue weighted by atomic mass is 19.4. The van der Waals surface area contributed by atoms with Gasteiger partial charge in [0.25, 0.3) is 0 Å². The van der Waals surface area contributed by atoms with E-state index in [1.165, 1.54) is 12.4 Å². The molecule has 0 fully saturated rings. The molecule has 3 rings (SSSR count). The average molecular weight is 500 g/mol. The number of halogens is 3. The Morgan fingerprint density at radius 1 is 1.14 bits per heavy atom. The van der Waals surface area contributed by atoms with Crippen LogP contribution in [0.5, 0.6) is 0 Å². The van der Waals surface area contributed by atoms with Crippen LogP contribution in [-0.4, -0.2) is 37.3 Å². The lowest BCUT2D eigenvalue weighted by Gasteiger charge is -2.18. The molecule has 0 radical (unpaired) electrons. The van der Waals surface area contributed by atoms with Crippen molar-refractivity contribution in [2.45, 2.75) is 45.4 Å². The van der Waals surface area contributed by atoms with E-state index in [0.717, 1.165) is 4.68 Å². The van der Waals surface area contributed by atoms with Gasteiger partial charge in [0.05, 0.1) is 24.0 Å². The summed E-state index contributed by atoms with van der Waals surface area (Å²) >= 11 is 0. The predicted octanol–water partition coefficient (Wildman–Crippen LogP) is 4.21. The molecular formula is C24H23F3N6O3. The van der Waals surface area contributed by atoms with Gasteiger partial charge < -0.3 is 15.8 Å². The molecule has 0 aliphatic heterocycles. The van der Waals surface area contributed by atoms with Crippen LogP contribution in [0.25, 0.3) is 0 Å². The number of primary amides is 1. The molecule has 3 N–H and O–H groups in total. The molecular weight excluding hydrogens is 477 g/mol. The van der Waals surface area contributed by atoms with Crippen molar-refractivity contribution >= 4 is 23.6 Å². The third-order valence-electron chi connectivity index (χ3n) is 4.68. The second-order valence-corrected chi connectivity index (χ2v) is 8.69. The largest absolute Gasteiger partial charge is 0.442 e. The minimum atomic E-state index is -4.76. The van der Waals surface area contributed by atoms with Gasteiger partial charge in [-0.3, -0.25) is 4.79 Å². The van der Waals surface area contributed by atoms with Crippen LogP contribution in [-0.2, 0) is 15.7 Å². The Hall–Kier alpha value is -4.40. The summed E-state index contributed by atoms with van der Waals surface area (Å²) in [4.78, 5) is 31.3. The van der Waals surface area contributed by atoms with Crippen molar-refractivity contribution in [3.63, 3.8) is 0 Å². The number of carbonyl (C=O) groups is 2. The van der Waals surface area contributed by atoms with Gasteiger partial charge in [-0.2, -0.15) is 23.0 Å². The number of hydrogen-bond acceptors (Lipinski definition) is 7. The highest BCUT2D eigenvalue weighted by molar-refractivity contribution is 5.82. The molecule has 1 unspecified atom stereocenters. The van der Waals surface area contributed by atoms with Crippen molar-refractivity contribution in [2.75, 3.05) is 5.32 Å². The lowest BCUT2D eigenvalue weighted by atomic mass is 9.95. The number of ether oxygens (including phenoxy) is 1. The second-order valence-electron chi connectivity index (χ2n) is 8.69. The minimum absolute atomic E-state index is 0.199. The molecule has 0 aliphatic carbocycles. The zero-order chi connectivity index (χ0) is 26.7. The number of nitrogens with zero attached hydrogens (tertiary/aromatic N) is 4. The number of nitrogens with one attached hydrogen (secondary N) is 1. The van der Waals surface area contributed by atoms with E-state index >= 15 is 0 Å². The second kappa shape index (κ2) is 10.1. The standard InChI is InChI=1S/C24H23F3N6O3/c1-14(20(28)34)17-8-6-5-7-15(17)9-10-19-18(24(25,26)27)12-29-21(32-19)31-16-11-30-33(13-16)22(35)36-23(2,3)4/h5-8,11-14H,1-4H3,(H2,28,34)(H,29,31,32). The van der Waals surface area contributed by atoms with Gasteiger partial charge in [0.2, 0.25) is 11.9 Å². The Morgan fingerprint density at radius 3 is 2.47 bits per heavy atom. The minimum Gasteiger partial charge on any atom is -0.442 e. The fourth-order valence-electron chi connectivity index (χ4n) is 2.94. The highest BCUT2D eigenvalue weighted by Gasteiger charge is 2.35. The molecule has 1 aromatic carbocycles.